The molecule has 0 aromatic rings. The van der Waals surface area contributed by atoms with E-state index in [4.69, 9.17) is 23.7 Å². The minimum Gasteiger partial charge on any atom is -0.466 e. The van der Waals surface area contributed by atoms with Crippen molar-refractivity contribution < 1.29 is 64.2 Å². The molecular formula is C22H40O13. The van der Waals surface area contributed by atoms with Gasteiger partial charge in [-0.05, 0) is 13.3 Å². The van der Waals surface area contributed by atoms with Gasteiger partial charge in [-0.3, -0.25) is 4.79 Å². The first-order chi connectivity index (χ1) is 16.6. The van der Waals surface area contributed by atoms with Gasteiger partial charge in [0.2, 0.25) is 0 Å². The molecule has 0 aromatic carbocycles. The van der Waals surface area contributed by atoms with Gasteiger partial charge in [0.1, 0.15) is 48.8 Å². The summed E-state index contributed by atoms with van der Waals surface area (Å²) in [4.78, 5) is 12.0. The fraction of sp³-hybridized carbons (Fsp3) is 0.955. The molecule has 7 N–H and O–H groups in total. The van der Waals surface area contributed by atoms with E-state index >= 15 is 0 Å². The van der Waals surface area contributed by atoms with E-state index in [0.29, 0.717) is 6.42 Å². The third kappa shape index (κ3) is 8.27. The highest BCUT2D eigenvalue weighted by atomic mass is 16.7. The van der Waals surface area contributed by atoms with Crippen LogP contribution in [0.15, 0.2) is 0 Å². The number of ether oxygens (including phenoxy) is 5. The zero-order valence-corrected chi connectivity index (χ0v) is 20.1. The lowest BCUT2D eigenvalue weighted by atomic mass is 9.98. The molecule has 2 rings (SSSR count). The van der Waals surface area contributed by atoms with Crippen molar-refractivity contribution in [1.29, 1.82) is 0 Å². The Labute approximate surface area is 204 Å². The maximum atomic E-state index is 12.0. The average Bonchev–Trinajstić information content (AvgIpc) is 2.83. The highest BCUT2D eigenvalue weighted by Crippen LogP contribution is 2.27. The first-order valence-corrected chi connectivity index (χ1v) is 12.1. The monoisotopic (exact) mass is 512 g/mol. The molecule has 0 aromatic heterocycles. The van der Waals surface area contributed by atoms with Crippen molar-refractivity contribution >= 4 is 5.97 Å². The zero-order chi connectivity index (χ0) is 26.1. The molecule has 13 heteroatoms. The topological polar surface area (TPSA) is 205 Å². The quantitative estimate of drug-likeness (QED) is 0.101. The summed E-state index contributed by atoms with van der Waals surface area (Å²) in [5.41, 5.74) is 0. The molecule has 0 amide bonds. The van der Waals surface area contributed by atoms with Crippen LogP contribution in [-0.2, 0) is 28.5 Å². The summed E-state index contributed by atoms with van der Waals surface area (Å²) in [5, 5.41) is 70.2. The SMILES string of the molecule is CCCCCC(CC(=O)OCC)O[C@@H]1O[C@H](CO[C@@H]2O[C@H](CO)[C@H](O)[C@@H](O)[C@H]2O)[C@H](O)[C@@H](O)[C@H]1O. The molecule has 2 aliphatic heterocycles. The van der Waals surface area contributed by atoms with Gasteiger partial charge in [0, 0.05) is 0 Å². The molecular weight excluding hydrogens is 472 g/mol. The second kappa shape index (κ2) is 14.7. The van der Waals surface area contributed by atoms with Gasteiger partial charge in [0.15, 0.2) is 12.6 Å². The molecule has 0 radical (unpaired) electrons. The van der Waals surface area contributed by atoms with Crippen LogP contribution in [0.3, 0.4) is 0 Å². The van der Waals surface area contributed by atoms with E-state index in [2.05, 4.69) is 0 Å². The predicted octanol–water partition coefficient (Wildman–Crippen LogP) is -2.47. The van der Waals surface area contributed by atoms with Crippen LogP contribution in [-0.4, -0.2) is 129 Å². The minimum atomic E-state index is -1.67. The van der Waals surface area contributed by atoms with Crippen LogP contribution in [0.25, 0.3) is 0 Å². The van der Waals surface area contributed by atoms with Crippen LogP contribution in [0.1, 0.15) is 46.0 Å². The molecule has 0 saturated carbocycles. The lowest BCUT2D eigenvalue weighted by Crippen LogP contribution is -2.62. The van der Waals surface area contributed by atoms with Gasteiger partial charge in [-0.1, -0.05) is 26.2 Å². The number of aliphatic hydroxyl groups excluding tert-OH is 7. The normalized spacial score (nSPS) is 38.8. The van der Waals surface area contributed by atoms with E-state index in [9.17, 15) is 40.5 Å². The van der Waals surface area contributed by atoms with Gasteiger partial charge >= 0.3 is 5.97 Å². The second-order valence-electron chi connectivity index (χ2n) is 8.81. The van der Waals surface area contributed by atoms with Gasteiger partial charge in [-0.15, -0.1) is 0 Å². The molecule has 2 heterocycles. The fourth-order valence-corrected chi connectivity index (χ4v) is 4.00. The number of carbonyl (C=O) groups is 1. The largest absolute Gasteiger partial charge is 0.466 e. The Morgan fingerprint density at radius 3 is 2.03 bits per heavy atom. The molecule has 2 saturated heterocycles. The summed E-state index contributed by atoms with van der Waals surface area (Å²) in [6, 6.07) is 0. The van der Waals surface area contributed by atoms with Crippen LogP contribution in [0.4, 0.5) is 0 Å². The summed E-state index contributed by atoms with van der Waals surface area (Å²) in [6.07, 6.45) is -12.8. The third-order valence-electron chi connectivity index (χ3n) is 6.10. The van der Waals surface area contributed by atoms with Crippen LogP contribution in [0.2, 0.25) is 0 Å². The van der Waals surface area contributed by atoms with Crippen LogP contribution >= 0.6 is 0 Å². The Kier molecular flexibility index (Phi) is 12.7. The first kappa shape index (κ1) is 30.3. The second-order valence-corrected chi connectivity index (χ2v) is 8.81. The molecule has 2 aliphatic rings. The van der Waals surface area contributed by atoms with Gasteiger partial charge in [-0.25, -0.2) is 0 Å². The van der Waals surface area contributed by atoms with Crippen molar-refractivity contribution in [2.75, 3.05) is 19.8 Å². The molecule has 13 nitrogen and oxygen atoms in total. The lowest BCUT2D eigenvalue weighted by Gasteiger charge is -2.43. The van der Waals surface area contributed by atoms with E-state index in [-0.39, 0.29) is 13.0 Å². The Morgan fingerprint density at radius 1 is 0.829 bits per heavy atom. The summed E-state index contributed by atoms with van der Waals surface area (Å²) < 4.78 is 27.1. The predicted molar refractivity (Wildman–Crippen MR) is 117 cm³/mol. The van der Waals surface area contributed by atoms with Gasteiger partial charge in [0.25, 0.3) is 0 Å². The number of carbonyl (C=O) groups excluding carboxylic acids is 1. The molecule has 0 aliphatic carbocycles. The summed E-state index contributed by atoms with van der Waals surface area (Å²) >= 11 is 0. The molecule has 0 spiro atoms. The summed E-state index contributed by atoms with van der Waals surface area (Å²) in [5.74, 6) is -0.484. The van der Waals surface area contributed by atoms with E-state index in [1.165, 1.54) is 0 Å². The zero-order valence-electron chi connectivity index (χ0n) is 20.1. The number of hydrogen-bond donors (Lipinski definition) is 7. The van der Waals surface area contributed by atoms with Crippen molar-refractivity contribution in [1.82, 2.24) is 0 Å². The minimum absolute atomic E-state index is 0.0885. The molecule has 0 bridgehead atoms. The fourth-order valence-electron chi connectivity index (χ4n) is 4.00. The Balaban J connectivity index is 2.03. The van der Waals surface area contributed by atoms with Gasteiger partial charge in [-0.2, -0.15) is 0 Å². The molecule has 11 atom stereocenters. The lowest BCUT2D eigenvalue weighted by molar-refractivity contribution is -0.336. The number of rotatable bonds is 13. The van der Waals surface area contributed by atoms with Gasteiger partial charge in [0.05, 0.1) is 32.3 Å². The van der Waals surface area contributed by atoms with E-state index < -0.39 is 86.7 Å². The average molecular weight is 513 g/mol. The van der Waals surface area contributed by atoms with Crippen LogP contribution in [0.5, 0.6) is 0 Å². The van der Waals surface area contributed by atoms with E-state index in [1.807, 2.05) is 6.92 Å². The summed E-state index contributed by atoms with van der Waals surface area (Å²) in [6.45, 7) is 2.79. The number of hydrogen-bond acceptors (Lipinski definition) is 13. The van der Waals surface area contributed by atoms with Crippen molar-refractivity contribution in [3.63, 3.8) is 0 Å². The Bertz CT molecular complexity index is 620. The highest BCUT2D eigenvalue weighted by molar-refractivity contribution is 5.69. The van der Waals surface area contributed by atoms with Gasteiger partial charge < -0.3 is 59.4 Å². The highest BCUT2D eigenvalue weighted by Gasteiger charge is 2.48. The molecule has 206 valence electrons. The van der Waals surface area contributed by atoms with Crippen LogP contribution < -0.4 is 0 Å². The number of unbranched alkanes of at least 4 members (excludes halogenated alkanes) is 2. The smallest absolute Gasteiger partial charge is 0.308 e. The maximum absolute atomic E-state index is 12.0. The van der Waals surface area contributed by atoms with Crippen molar-refractivity contribution in [3.05, 3.63) is 0 Å². The summed E-state index contributed by atoms with van der Waals surface area (Å²) in [7, 11) is 0. The Hall–Kier alpha value is -0.970. The third-order valence-corrected chi connectivity index (χ3v) is 6.10. The maximum Gasteiger partial charge on any atom is 0.308 e. The number of esters is 1. The van der Waals surface area contributed by atoms with E-state index in [1.54, 1.807) is 6.92 Å². The van der Waals surface area contributed by atoms with E-state index in [0.717, 1.165) is 19.3 Å². The van der Waals surface area contributed by atoms with Crippen molar-refractivity contribution in [2.24, 2.45) is 0 Å². The first-order valence-electron chi connectivity index (χ1n) is 12.1. The van der Waals surface area contributed by atoms with Crippen LogP contribution in [0, 0.1) is 0 Å². The Morgan fingerprint density at radius 2 is 1.43 bits per heavy atom. The molecule has 1 unspecified atom stereocenters. The molecule has 2 fully saturated rings. The number of aliphatic hydroxyl groups is 7. The standard InChI is InChI=1S/C22H40O13/c1-3-5-6-7-11(8-14(24)31-4-2)33-22-20(30)18(28)16(26)13(35-22)10-32-21-19(29)17(27)15(25)12(9-23)34-21/h11-13,15-23,25-30H,3-10H2,1-2H3/t11?,12-,13-,15+,16+,17-,18-,19-,20-,21-,22-/m1/s1. The van der Waals surface area contributed by atoms with Crippen molar-refractivity contribution in [2.45, 2.75) is 113 Å². The molecule has 35 heavy (non-hydrogen) atoms. The van der Waals surface area contributed by atoms with Crippen molar-refractivity contribution in [3.8, 4) is 0 Å².